The van der Waals surface area contributed by atoms with Crippen molar-refractivity contribution in [2.75, 3.05) is 40.4 Å². The Hall–Kier alpha value is -1.05. The maximum Gasteiger partial charge on any atom is 0.107 e. The topological polar surface area (TPSA) is 28.1 Å². The summed E-state index contributed by atoms with van der Waals surface area (Å²) in [6.07, 6.45) is 2.28. The summed E-state index contributed by atoms with van der Waals surface area (Å²) in [6, 6.07) is 0.491. The van der Waals surface area contributed by atoms with Gasteiger partial charge in [0.25, 0.3) is 0 Å². The zero-order valence-electron chi connectivity index (χ0n) is 10.3. The Morgan fingerprint density at radius 2 is 2.12 bits per heavy atom. The number of likely N-dealkylation sites (tertiary alicyclic amines) is 1. The van der Waals surface area contributed by atoms with Gasteiger partial charge in [0.1, 0.15) is 6.61 Å². The van der Waals surface area contributed by atoms with Gasteiger partial charge in [-0.15, -0.1) is 0 Å². The first-order chi connectivity index (χ1) is 7.77. The van der Waals surface area contributed by atoms with Gasteiger partial charge in [-0.25, -0.2) is 0 Å². The number of rotatable bonds is 4. The monoisotopic (exact) mass is 223 g/mol. The molecule has 1 aliphatic rings. The zero-order valence-corrected chi connectivity index (χ0v) is 10.3. The van der Waals surface area contributed by atoms with Crippen LogP contribution in [0.4, 0.5) is 0 Å². The number of hydrogen-bond donors (Lipinski definition) is 0. The molecule has 0 unspecified atom stereocenters. The van der Waals surface area contributed by atoms with Crippen LogP contribution in [0.3, 0.4) is 0 Å². The minimum Gasteiger partial charge on any atom is -0.372 e. The molecule has 0 aromatic rings. The first-order valence-corrected chi connectivity index (χ1v) is 5.64. The molecule has 1 aliphatic heterocycles. The number of hydrogen-bond acceptors (Lipinski definition) is 4. The third-order valence-electron chi connectivity index (χ3n) is 2.87. The molecule has 1 fully saturated rings. The van der Waals surface area contributed by atoms with Crippen molar-refractivity contribution in [2.45, 2.75) is 18.9 Å². The van der Waals surface area contributed by atoms with Crippen LogP contribution in [0.25, 0.3) is 0 Å². The molecule has 0 aromatic heterocycles. The van der Waals surface area contributed by atoms with Crippen molar-refractivity contribution in [3.63, 3.8) is 0 Å². The van der Waals surface area contributed by atoms with E-state index >= 15 is 0 Å². The summed E-state index contributed by atoms with van der Waals surface area (Å²) in [6.45, 7) is 7.01. The normalized spacial score (nSPS) is 17.6. The second-order valence-electron chi connectivity index (χ2n) is 4.06. The molecule has 4 heteroatoms. The first-order valence-electron chi connectivity index (χ1n) is 5.64. The largest absolute Gasteiger partial charge is 0.372 e. The van der Waals surface area contributed by atoms with E-state index in [9.17, 15) is 0 Å². The molecule has 0 bridgehead atoms. The Morgan fingerprint density at radius 3 is 2.69 bits per heavy atom. The molecule has 1 saturated heterocycles. The molecule has 0 N–H and O–H groups in total. The van der Waals surface area contributed by atoms with Crippen LogP contribution in [-0.2, 0) is 4.74 Å². The molecule has 16 heavy (non-hydrogen) atoms. The van der Waals surface area contributed by atoms with Crippen molar-refractivity contribution in [2.24, 2.45) is 5.10 Å². The van der Waals surface area contributed by atoms with E-state index in [1.807, 2.05) is 5.01 Å². The fraction of sp³-hybridized carbons (Fsp3) is 0.750. The molecular formula is C12H21N3O. The summed E-state index contributed by atoms with van der Waals surface area (Å²) in [7, 11) is 3.80. The quantitative estimate of drug-likeness (QED) is 0.398. The lowest BCUT2D eigenvalue weighted by Crippen LogP contribution is -2.41. The van der Waals surface area contributed by atoms with E-state index < -0.39 is 0 Å². The van der Waals surface area contributed by atoms with Crippen molar-refractivity contribution < 1.29 is 4.74 Å². The predicted octanol–water partition coefficient (Wildman–Crippen LogP) is 0.648. The number of ether oxygens (including phenoxy) is 1. The number of hydrazone groups is 1. The van der Waals surface area contributed by atoms with Gasteiger partial charge in [0.05, 0.1) is 12.6 Å². The second-order valence-corrected chi connectivity index (χ2v) is 4.06. The SMILES string of the molecule is C=NN(CC#CCOC)C1CCN(C)CC1. The van der Waals surface area contributed by atoms with Gasteiger partial charge in [-0.2, -0.15) is 5.10 Å². The van der Waals surface area contributed by atoms with Crippen LogP contribution < -0.4 is 0 Å². The number of methoxy groups -OCH3 is 1. The molecule has 0 aromatic carbocycles. The molecule has 0 spiro atoms. The van der Waals surface area contributed by atoms with E-state index in [-0.39, 0.29) is 0 Å². The Balaban J connectivity index is 2.36. The van der Waals surface area contributed by atoms with E-state index in [1.54, 1.807) is 7.11 Å². The van der Waals surface area contributed by atoms with Crippen LogP contribution in [0.15, 0.2) is 5.10 Å². The van der Waals surface area contributed by atoms with Gasteiger partial charge >= 0.3 is 0 Å². The highest BCUT2D eigenvalue weighted by Crippen LogP contribution is 2.14. The van der Waals surface area contributed by atoms with Gasteiger partial charge in [0.15, 0.2) is 0 Å². The highest BCUT2D eigenvalue weighted by Gasteiger charge is 2.20. The summed E-state index contributed by atoms with van der Waals surface area (Å²) < 4.78 is 4.87. The Bertz CT molecular complexity index is 261. The molecule has 4 nitrogen and oxygen atoms in total. The molecule has 1 rings (SSSR count). The minimum atomic E-state index is 0.485. The van der Waals surface area contributed by atoms with Crippen molar-refractivity contribution in [3.8, 4) is 11.8 Å². The third-order valence-corrected chi connectivity index (χ3v) is 2.87. The first kappa shape index (κ1) is 13.0. The molecule has 0 amide bonds. The maximum absolute atomic E-state index is 4.87. The summed E-state index contributed by atoms with van der Waals surface area (Å²) in [5, 5.41) is 6.05. The lowest BCUT2D eigenvalue weighted by Gasteiger charge is -2.34. The molecule has 0 radical (unpaired) electrons. The van der Waals surface area contributed by atoms with Gasteiger partial charge in [-0.05, 0) is 33.0 Å². The average molecular weight is 223 g/mol. The van der Waals surface area contributed by atoms with Gasteiger partial charge in [0.2, 0.25) is 0 Å². The second kappa shape index (κ2) is 7.26. The van der Waals surface area contributed by atoms with Crippen molar-refractivity contribution >= 4 is 6.72 Å². The molecular weight excluding hydrogens is 202 g/mol. The van der Waals surface area contributed by atoms with E-state index in [0.717, 1.165) is 25.9 Å². The fourth-order valence-electron chi connectivity index (χ4n) is 1.85. The van der Waals surface area contributed by atoms with Crippen LogP contribution in [0, 0.1) is 11.8 Å². The van der Waals surface area contributed by atoms with Gasteiger partial charge in [-0.3, -0.25) is 5.01 Å². The van der Waals surface area contributed by atoms with Crippen molar-refractivity contribution in [3.05, 3.63) is 0 Å². The summed E-state index contributed by atoms with van der Waals surface area (Å²) in [5.41, 5.74) is 0. The van der Waals surface area contributed by atoms with Crippen LogP contribution in [-0.4, -0.2) is 63.1 Å². The Morgan fingerprint density at radius 1 is 1.44 bits per heavy atom. The van der Waals surface area contributed by atoms with Gasteiger partial charge in [0, 0.05) is 13.8 Å². The molecule has 1 heterocycles. The highest BCUT2D eigenvalue weighted by molar-refractivity contribution is 5.23. The fourth-order valence-corrected chi connectivity index (χ4v) is 1.85. The molecule has 0 atom stereocenters. The summed E-state index contributed by atoms with van der Waals surface area (Å²) in [5.74, 6) is 5.99. The van der Waals surface area contributed by atoms with E-state index in [1.165, 1.54) is 0 Å². The lowest BCUT2D eigenvalue weighted by atomic mass is 10.1. The third kappa shape index (κ3) is 4.21. The van der Waals surface area contributed by atoms with Crippen molar-refractivity contribution in [1.82, 2.24) is 9.91 Å². The average Bonchev–Trinajstić information content (AvgIpc) is 2.31. The van der Waals surface area contributed by atoms with Crippen molar-refractivity contribution in [1.29, 1.82) is 0 Å². The predicted molar refractivity (Wildman–Crippen MR) is 66.4 cm³/mol. The Kier molecular flexibility index (Phi) is 5.91. The standard InChI is InChI=1S/C12H21N3O/c1-13-15(8-4-5-11-16-3)12-6-9-14(2)10-7-12/h12H,1,6-11H2,2-3H3. The van der Waals surface area contributed by atoms with Gasteiger partial charge < -0.3 is 9.64 Å². The summed E-state index contributed by atoms with van der Waals surface area (Å²) >= 11 is 0. The van der Waals surface area contributed by atoms with E-state index in [0.29, 0.717) is 19.2 Å². The Labute approximate surface area is 98.2 Å². The highest BCUT2D eigenvalue weighted by atomic mass is 16.5. The smallest absolute Gasteiger partial charge is 0.107 e. The van der Waals surface area contributed by atoms with E-state index in [2.05, 4.69) is 35.6 Å². The molecule has 0 saturated carbocycles. The zero-order chi connectivity index (χ0) is 11.8. The van der Waals surface area contributed by atoms with Gasteiger partial charge in [-0.1, -0.05) is 11.8 Å². The molecule has 90 valence electrons. The van der Waals surface area contributed by atoms with Crippen LogP contribution >= 0.6 is 0 Å². The van der Waals surface area contributed by atoms with Crippen LogP contribution in [0.1, 0.15) is 12.8 Å². The summed E-state index contributed by atoms with van der Waals surface area (Å²) in [4.78, 5) is 2.34. The number of piperidine rings is 1. The van der Waals surface area contributed by atoms with Crippen LogP contribution in [0.5, 0.6) is 0 Å². The van der Waals surface area contributed by atoms with Crippen LogP contribution in [0.2, 0.25) is 0 Å². The minimum absolute atomic E-state index is 0.485. The lowest BCUT2D eigenvalue weighted by molar-refractivity contribution is 0.138. The molecule has 0 aliphatic carbocycles. The number of nitrogens with zero attached hydrogens (tertiary/aromatic N) is 3. The maximum atomic E-state index is 4.87. The van der Waals surface area contributed by atoms with E-state index in [4.69, 9.17) is 4.74 Å².